The standard InChI is InChI=1S/C22H20ClN3O3S/c1-13(24)11-29-18-8-7-16(9-19(18)28-2)26-12-25-17-10-20(30-21(17)22(26)27)14-3-5-15(23)6-4-14/h3-10,12-13H,11,24H2,1-2H3/t13-/m0/s1. The number of aromatic nitrogens is 2. The molecule has 0 saturated carbocycles. The van der Waals surface area contributed by atoms with Gasteiger partial charge >= 0.3 is 0 Å². The van der Waals surface area contributed by atoms with Gasteiger partial charge in [0.25, 0.3) is 5.56 Å². The van der Waals surface area contributed by atoms with E-state index in [1.807, 2.05) is 37.3 Å². The molecule has 8 heteroatoms. The van der Waals surface area contributed by atoms with Crippen molar-refractivity contribution in [2.75, 3.05) is 13.7 Å². The smallest absolute Gasteiger partial charge is 0.275 e. The normalized spacial score (nSPS) is 12.1. The second-order valence-electron chi connectivity index (χ2n) is 6.88. The predicted molar refractivity (Wildman–Crippen MR) is 121 cm³/mol. The zero-order valence-electron chi connectivity index (χ0n) is 16.5. The van der Waals surface area contributed by atoms with Crippen molar-refractivity contribution >= 4 is 33.2 Å². The summed E-state index contributed by atoms with van der Waals surface area (Å²) in [6.45, 7) is 2.23. The molecule has 4 rings (SSSR count). The Balaban J connectivity index is 1.73. The van der Waals surface area contributed by atoms with Crippen LogP contribution in [0.2, 0.25) is 5.02 Å². The van der Waals surface area contributed by atoms with Crippen molar-refractivity contribution in [3.63, 3.8) is 0 Å². The number of hydrogen-bond donors (Lipinski definition) is 1. The van der Waals surface area contributed by atoms with Crippen molar-refractivity contribution in [3.8, 4) is 27.6 Å². The van der Waals surface area contributed by atoms with Crippen LogP contribution in [0.5, 0.6) is 11.5 Å². The molecule has 4 aromatic rings. The second kappa shape index (κ2) is 8.47. The molecule has 0 radical (unpaired) electrons. The molecule has 0 spiro atoms. The van der Waals surface area contributed by atoms with Gasteiger partial charge in [0.15, 0.2) is 11.5 Å². The van der Waals surface area contributed by atoms with Gasteiger partial charge in [-0.2, -0.15) is 0 Å². The number of fused-ring (bicyclic) bond motifs is 1. The average Bonchev–Trinajstić information content (AvgIpc) is 3.18. The maximum Gasteiger partial charge on any atom is 0.275 e. The van der Waals surface area contributed by atoms with Gasteiger partial charge in [-0.3, -0.25) is 9.36 Å². The molecule has 0 aliphatic carbocycles. The lowest BCUT2D eigenvalue weighted by molar-refractivity contribution is 0.278. The highest BCUT2D eigenvalue weighted by molar-refractivity contribution is 7.22. The number of halogens is 1. The summed E-state index contributed by atoms with van der Waals surface area (Å²) in [7, 11) is 1.56. The van der Waals surface area contributed by atoms with E-state index in [1.165, 1.54) is 22.2 Å². The van der Waals surface area contributed by atoms with E-state index >= 15 is 0 Å². The minimum Gasteiger partial charge on any atom is -0.493 e. The van der Waals surface area contributed by atoms with E-state index in [0.29, 0.717) is 39.0 Å². The third-order valence-corrected chi connectivity index (χ3v) is 5.91. The van der Waals surface area contributed by atoms with Crippen molar-refractivity contribution in [1.29, 1.82) is 0 Å². The molecule has 0 aliphatic heterocycles. The van der Waals surface area contributed by atoms with Crippen LogP contribution in [0.3, 0.4) is 0 Å². The third kappa shape index (κ3) is 4.05. The highest BCUT2D eigenvalue weighted by Crippen LogP contribution is 2.32. The first-order valence-corrected chi connectivity index (χ1v) is 10.5. The summed E-state index contributed by atoms with van der Waals surface area (Å²) in [6.07, 6.45) is 1.53. The molecule has 2 N–H and O–H groups in total. The predicted octanol–water partition coefficient (Wildman–Crippen LogP) is 4.50. The molecule has 0 amide bonds. The monoisotopic (exact) mass is 441 g/mol. The lowest BCUT2D eigenvalue weighted by atomic mass is 10.2. The Kier molecular flexibility index (Phi) is 5.76. The Morgan fingerprint density at radius 2 is 1.93 bits per heavy atom. The van der Waals surface area contributed by atoms with Crippen molar-refractivity contribution in [3.05, 3.63) is 70.2 Å². The topological polar surface area (TPSA) is 79.4 Å². The quantitative estimate of drug-likeness (QED) is 0.476. The Morgan fingerprint density at radius 1 is 1.17 bits per heavy atom. The van der Waals surface area contributed by atoms with Crippen LogP contribution in [0.25, 0.3) is 26.3 Å². The zero-order valence-corrected chi connectivity index (χ0v) is 18.0. The van der Waals surface area contributed by atoms with Crippen LogP contribution in [0, 0.1) is 0 Å². The molecule has 0 fully saturated rings. The van der Waals surface area contributed by atoms with Crippen LogP contribution in [-0.2, 0) is 0 Å². The summed E-state index contributed by atoms with van der Waals surface area (Å²) in [4.78, 5) is 18.6. The van der Waals surface area contributed by atoms with E-state index in [2.05, 4.69) is 4.98 Å². The van der Waals surface area contributed by atoms with E-state index in [0.717, 1.165) is 10.4 Å². The van der Waals surface area contributed by atoms with E-state index in [-0.39, 0.29) is 11.6 Å². The van der Waals surface area contributed by atoms with Crippen LogP contribution < -0.4 is 20.8 Å². The fourth-order valence-electron chi connectivity index (χ4n) is 3.00. The first-order valence-electron chi connectivity index (χ1n) is 9.30. The van der Waals surface area contributed by atoms with Crippen molar-refractivity contribution in [2.24, 2.45) is 5.73 Å². The maximum absolute atomic E-state index is 13.2. The van der Waals surface area contributed by atoms with Crippen LogP contribution in [0.4, 0.5) is 0 Å². The molecule has 0 unspecified atom stereocenters. The maximum atomic E-state index is 13.2. The van der Waals surface area contributed by atoms with Gasteiger partial charge in [0, 0.05) is 22.0 Å². The van der Waals surface area contributed by atoms with Gasteiger partial charge in [-0.25, -0.2) is 4.98 Å². The number of hydrogen-bond acceptors (Lipinski definition) is 6. The molecule has 2 aromatic heterocycles. The Hall–Kier alpha value is -2.87. The number of nitrogens with two attached hydrogens (primary N) is 1. The number of ether oxygens (including phenoxy) is 2. The molecule has 6 nitrogen and oxygen atoms in total. The minimum absolute atomic E-state index is 0.0997. The zero-order chi connectivity index (χ0) is 21.3. The fourth-order valence-corrected chi connectivity index (χ4v) is 4.17. The molecule has 1 atom stereocenters. The Morgan fingerprint density at radius 3 is 2.63 bits per heavy atom. The summed E-state index contributed by atoms with van der Waals surface area (Å²) in [5.74, 6) is 1.09. The molecular formula is C22H20ClN3O3S. The largest absolute Gasteiger partial charge is 0.493 e. The van der Waals surface area contributed by atoms with Crippen molar-refractivity contribution in [2.45, 2.75) is 13.0 Å². The van der Waals surface area contributed by atoms with Gasteiger partial charge in [-0.1, -0.05) is 23.7 Å². The molecule has 154 valence electrons. The first-order chi connectivity index (χ1) is 14.5. The lowest BCUT2D eigenvalue weighted by Crippen LogP contribution is -2.23. The van der Waals surface area contributed by atoms with Crippen molar-refractivity contribution in [1.82, 2.24) is 9.55 Å². The minimum atomic E-state index is -0.142. The Labute approximate surface area is 182 Å². The summed E-state index contributed by atoms with van der Waals surface area (Å²) in [5.41, 5.74) is 7.90. The molecule has 0 bridgehead atoms. The number of methoxy groups -OCH3 is 1. The van der Waals surface area contributed by atoms with E-state index in [9.17, 15) is 4.79 Å². The second-order valence-corrected chi connectivity index (χ2v) is 8.36. The lowest BCUT2D eigenvalue weighted by Gasteiger charge is -2.14. The molecule has 2 heterocycles. The van der Waals surface area contributed by atoms with Gasteiger partial charge in [0.1, 0.15) is 17.6 Å². The van der Waals surface area contributed by atoms with Crippen molar-refractivity contribution < 1.29 is 9.47 Å². The molecule has 2 aromatic carbocycles. The highest BCUT2D eigenvalue weighted by Gasteiger charge is 2.14. The third-order valence-electron chi connectivity index (χ3n) is 4.49. The van der Waals surface area contributed by atoms with Crippen LogP contribution in [0.1, 0.15) is 6.92 Å². The summed E-state index contributed by atoms with van der Waals surface area (Å²) >= 11 is 7.38. The number of rotatable bonds is 6. The Bertz CT molecular complexity index is 1250. The fraction of sp³-hybridized carbons (Fsp3) is 0.182. The molecule has 0 aliphatic rings. The van der Waals surface area contributed by atoms with E-state index < -0.39 is 0 Å². The van der Waals surface area contributed by atoms with E-state index in [1.54, 1.807) is 25.3 Å². The van der Waals surface area contributed by atoms with Gasteiger partial charge in [-0.05, 0) is 42.8 Å². The summed E-state index contributed by atoms with van der Waals surface area (Å²) in [6, 6.07) is 14.6. The highest BCUT2D eigenvalue weighted by atomic mass is 35.5. The van der Waals surface area contributed by atoms with Crippen LogP contribution in [-0.4, -0.2) is 29.3 Å². The van der Waals surface area contributed by atoms with Crippen LogP contribution in [0.15, 0.2) is 59.7 Å². The number of nitrogens with zero attached hydrogens (tertiary/aromatic N) is 2. The van der Waals surface area contributed by atoms with Gasteiger partial charge in [0.05, 0.1) is 18.3 Å². The van der Waals surface area contributed by atoms with Gasteiger partial charge in [0.2, 0.25) is 0 Å². The number of thiophene rings is 1. The SMILES string of the molecule is COc1cc(-n2cnc3cc(-c4ccc(Cl)cc4)sc3c2=O)ccc1OC[C@H](C)N. The number of benzene rings is 2. The average molecular weight is 442 g/mol. The van der Waals surface area contributed by atoms with Crippen LogP contribution >= 0.6 is 22.9 Å². The van der Waals surface area contributed by atoms with Gasteiger partial charge in [-0.15, -0.1) is 11.3 Å². The first kappa shape index (κ1) is 20.4. The molecule has 30 heavy (non-hydrogen) atoms. The molecule has 0 saturated heterocycles. The summed E-state index contributed by atoms with van der Waals surface area (Å²) < 4.78 is 13.2. The van der Waals surface area contributed by atoms with Gasteiger partial charge < -0.3 is 15.2 Å². The molecular weight excluding hydrogens is 422 g/mol. The van der Waals surface area contributed by atoms with E-state index in [4.69, 9.17) is 26.8 Å². The summed E-state index contributed by atoms with van der Waals surface area (Å²) in [5, 5.41) is 0.669.